The summed E-state index contributed by atoms with van der Waals surface area (Å²) < 4.78 is 66.0. The van der Waals surface area contributed by atoms with Crippen LogP contribution in [0.25, 0.3) is 0 Å². The fraction of sp³-hybridized carbons (Fsp3) is 0.350. The van der Waals surface area contributed by atoms with E-state index >= 15 is 0 Å². The summed E-state index contributed by atoms with van der Waals surface area (Å²) in [4.78, 5) is 12.9. The van der Waals surface area contributed by atoms with Crippen LogP contribution in [0.15, 0.2) is 36.4 Å². The molecule has 164 valence electrons. The molecule has 2 rings (SSSR count). The highest BCUT2D eigenvalue weighted by atomic mass is 35.5. The molecule has 0 bridgehead atoms. The van der Waals surface area contributed by atoms with Crippen molar-refractivity contribution in [3.05, 3.63) is 58.1 Å². The van der Waals surface area contributed by atoms with Crippen molar-refractivity contribution in [1.82, 2.24) is 0 Å². The molecule has 2 aromatic rings. The van der Waals surface area contributed by atoms with Crippen LogP contribution in [-0.4, -0.2) is 26.6 Å². The molecule has 0 aliphatic carbocycles. The van der Waals surface area contributed by atoms with Crippen LogP contribution in [0.2, 0.25) is 5.02 Å². The number of nitrogens with one attached hydrogen (secondary N) is 1. The van der Waals surface area contributed by atoms with Crippen LogP contribution >= 0.6 is 11.6 Å². The number of alkyl halides is 3. The van der Waals surface area contributed by atoms with Crippen molar-refractivity contribution in [2.45, 2.75) is 39.4 Å². The molecule has 10 heteroatoms. The molecule has 0 saturated carbocycles. The maximum absolute atomic E-state index is 13.3. The van der Waals surface area contributed by atoms with E-state index in [1.165, 1.54) is 6.07 Å². The summed E-state index contributed by atoms with van der Waals surface area (Å²) in [6.45, 7) is 5.23. The van der Waals surface area contributed by atoms with Crippen LogP contribution in [-0.2, 0) is 21.0 Å². The van der Waals surface area contributed by atoms with Crippen molar-refractivity contribution in [2.24, 2.45) is 0 Å². The highest BCUT2D eigenvalue weighted by Crippen LogP contribution is 2.37. The highest BCUT2D eigenvalue weighted by molar-refractivity contribution is 7.92. The SMILES string of the molecule is CC[C@@H](C(=O)Nc1ccc(Cl)cc1C(F)(F)F)N(c1ccc(C)c(C)c1)S(C)(=O)=O. The molecule has 0 fully saturated rings. The number of benzene rings is 2. The first-order valence-electron chi connectivity index (χ1n) is 9.00. The molecule has 0 unspecified atom stereocenters. The fourth-order valence-corrected chi connectivity index (χ4v) is 4.37. The molecule has 0 heterocycles. The largest absolute Gasteiger partial charge is 0.418 e. The molecule has 0 aliphatic rings. The molecule has 1 N–H and O–H groups in total. The third-order valence-corrected chi connectivity index (χ3v) is 6.03. The zero-order chi connectivity index (χ0) is 22.9. The summed E-state index contributed by atoms with van der Waals surface area (Å²) in [7, 11) is -3.91. The van der Waals surface area contributed by atoms with Crippen LogP contribution in [0, 0.1) is 13.8 Å². The topological polar surface area (TPSA) is 66.5 Å². The molecule has 0 aliphatic heterocycles. The number of aryl methyl sites for hydroxylation is 2. The van der Waals surface area contributed by atoms with E-state index in [0.717, 1.165) is 27.8 Å². The van der Waals surface area contributed by atoms with Gasteiger partial charge in [-0.25, -0.2) is 8.42 Å². The van der Waals surface area contributed by atoms with E-state index < -0.39 is 39.4 Å². The first-order valence-corrected chi connectivity index (χ1v) is 11.2. The van der Waals surface area contributed by atoms with Crippen molar-refractivity contribution in [2.75, 3.05) is 15.9 Å². The van der Waals surface area contributed by atoms with Gasteiger partial charge in [-0.2, -0.15) is 13.2 Å². The Morgan fingerprint density at radius 1 is 1.13 bits per heavy atom. The van der Waals surface area contributed by atoms with Gasteiger partial charge in [-0.05, 0) is 61.7 Å². The lowest BCUT2D eigenvalue weighted by Crippen LogP contribution is -2.47. The van der Waals surface area contributed by atoms with Crippen LogP contribution < -0.4 is 9.62 Å². The number of anilines is 2. The van der Waals surface area contributed by atoms with E-state index in [2.05, 4.69) is 5.32 Å². The Morgan fingerprint density at radius 2 is 1.77 bits per heavy atom. The average molecular weight is 463 g/mol. The van der Waals surface area contributed by atoms with Gasteiger partial charge in [-0.15, -0.1) is 0 Å². The van der Waals surface area contributed by atoms with Gasteiger partial charge < -0.3 is 5.32 Å². The van der Waals surface area contributed by atoms with Crippen LogP contribution in [0.5, 0.6) is 0 Å². The summed E-state index contributed by atoms with van der Waals surface area (Å²) in [5, 5.41) is 2.08. The molecule has 1 amide bonds. The van der Waals surface area contributed by atoms with Crippen LogP contribution in [0.4, 0.5) is 24.5 Å². The fourth-order valence-electron chi connectivity index (χ4n) is 3.00. The number of sulfonamides is 1. The second kappa shape index (κ2) is 8.85. The normalized spacial score (nSPS) is 13.1. The molecular weight excluding hydrogens is 441 g/mol. The first-order chi connectivity index (χ1) is 13.8. The van der Waals surface area contributed by atoms with Gasteiger partial charge in [0.25, 0.3) is 0 Å². The van der Waals surface area contributed by atoms with E-state index in [0.29, 0.717) is 6.07 Å². The summed E-state index contributed by atoms with van der Waals surface area (Å²) in [6, 6.07) is 6.60. The molecule has 1 atom stereocenters. The summed E-state index contributed by atoms with van der Waals surface area (Å²) in [5.74, 6) is -0.881. The number of carbonyl (C=O) groups excluding carboxylic acids is 1. The number of amides is 1. The van der Waals surface area contributed by atoms with Gasteiger partial charge >= 0.3 is 6.18 Å². The van der Waals surface area contributed by atoms with Gasteiger partial charge in [-0.1, -0.05) is 24.6 Å². The molecule has 5 nitrogen and oxygen atoms in total. The first kappa shape index (κ1) is 24.0. The Hall–Kier alpha value is -2.26. The molecule has 0 radical (unpaired) electrons. The molecule has 0 aromatic heterocycles. The Balaban J connectivity index is 2.49. The van der Waals surface area contributed by atoms with Gasteiger partial charge in [0, 0.05) is 5.02 Å². The number of rotatable bonds is 6. The number of nitrogens with zero attached hydrogens (tertiary/aromatic N) is 1. The minimum atomic E-state index is -4.75. The van der Waals surface area contributed by atoms with Gasteiger partial charge in [-0.3, -0.25) is 9.10 Å². The zero-order valence-corrected chi connectivity index (χ0v) is 18.4. The van der Waals surface area contributed by atoms with E-state index in [1.54, 1.807) is 32.0 Å². The quantitative estimate of drug-likeness (QED) is 0.644. The number of halogens is 4. The smallest absolute Gasteiger partial charge is 0.324 e. The van der Waals surface area contributed by atoms with Gasteiger partial charge in [0.15, 0.2) is 0 Å². The Kier molecular flexibility index (Phi) is 7.08. The van der Waals surface area contributed by atoms with Crippen LogP contribution in [0.3, 0.4) is 0 Å². The lowest BCUT2D eigenvalue weighted by molar-refractivity contribution is -0.137. The second-order valence-electron chi connectivity index (χ2n) is 6.93. The zero-order valence-electron chi connectivity index (χ0n) is 16.8. The van der Waals surface area contributed by atoms with E-state index in [4.69, 9.17) is 11.6 Å². The van der Waals surface area contributed by atoms with Crippen molar-refractivity contribution in [3.63, 3.8) is 0 Å². The minimum Gasteiger partial charge on any atom is -0.324 e. The van der Waals surface area contributed by atoms with Gasteiger partial charge in [0.05, 0.1) is 23.2 Å². The molecule has 0 spiro atoms. The van der Waals surface area contributed by atoms with Crippen molar-refractivity contribution in [1.29, 1.82) is 0 Å². The Labute approximate surface area is 178 Å². The molecule has 0 saturated heterocycles. The molecule has 30 heavy (non-hydrogen) atoms. The predicted octanol–water partition coefficient (Wildman–Crippen LogP) is 5.16. The predicted molar refractivity (Wildman–Crippen MR) is 112 cm³/mol. The number of carbonyl (C=O) groups is 1. The summed E-state index contributed by atoms with van der Waals surface area (Å²) >= 11 is 5.67. The molecule has 2 aromatic carbocycles. The Bertz CT molecular complexity index is 1060. The summed E-state index contributed by atoms with van der Waals surface area (Å²) in [5.41, 5.74) is 0.392. The van der Waals surface area contributed by atoms with Gasteiger partial charge in [0.2, 0.25) is 15.9 Å². The van der Waals surface area contributed by atoms with E-state index in [-0.39, 0.29) is 17.1 Å². The lowest BCUT2D eigenvalue weighted by atomic mass is 10.1. The van der Waals surface area contributed by atoms with Gasteiger partial charge in [0.1, 0.15) is 6.04 Å². The highest BCUT2D eigenvalue weighted by Gasteiger charge is 2.36. The van der Waals surface area contributed by atoms with Crippen molar-refractivity contribution < 1.29 is 26.4 Å². The minimum absolute atomic E-state index is 0.0424. The lowest BCUT2D eigenvalue weighted by Gasteiger charge is -2.30. The monoisotopic (exact) mass is 462 g/mol. The van der Waals surface area contributed by atoms with E-state index in [9.17, 15) is 26.4 Å². The van der Waals surface area contributed by atoms with Crippen LogP contribution in [0.1, 0.15) is 30.0 Å². The number of hydrogen-bond donors (Lipinski definition) is 1. The Morgan fingerprint density at radius 3 is 2.27 bits per heavy atom. The maximum atomic E-state index is 13.3. The molecular formula is C20H22ClF3N2O3S. The third kappa shape index (κ3) is 5.46. The van der Waals surface area contributed by atoms with Crippen molar-refractivity contribution in [3.8, 4) is 0 Å². The maximum Gasteiger partial charge on any atom is 0.418 e. The second-order valence-corrected chi connectivity index (χ2v) is 9.22. The third-order valence-electron chi connectivity index (χ3n) is 4.62. The average Bonchev–Trinajstić information content (AvgIpc) is 2.61. The van der Waals surface area contributed by atoms with E-state index in [1.807, 2.05) is 6.92 Å². The standard InChI is InChI=1S/C20H22ClF3N2O3S/c1-5-18(26(30(4,28)29)15-8-6-12(2)13(3)10-15)19(27)25-17-9-7-14(21)11-16(17)20(22,23)24/h6-11,18H,5H2,1-4H3,(H,25,27)/t18-/m0/s1. The van der Waals surface area contributed by atoms with Crippen molar-refractivity contribution >= 4 is 38.9 Å². The summed E-state index contributed by atoms with van der Waals surface area (Å²) in [6.07, 6.45) is -3.76. The number of hydrogen-bond acceptors (Lipinski definition) is 3.